The van der Waals surface area contributed by atoms with Gasteiger partial charge in [-0.05, 0) is 24.0 Å². The van der Waals surface area contributed by atoms with Crippen LogP contribution in [0.25, 0.3) is 0 Å². The van der Waals surface area contributed by atoms with Crippen molar-refractivity contribution < 1.29 is 0 Å². The van der Waals surface area contributed by atoms with Gasteiger partial charge in [-0.2, -0.15) is 0 Å². The van der Waals surface area contributed by atoms with E-state index in [4.69, 9.17) is 4.99 Å². The van der Waals surface area contributed by atoms with Gasteiger partial charge in [0, 0.05) is 13.1 Å². The highest BCUT2D eigenvalue weighted by molar-refractivity contribution is 5.92. The summed E-state index contributed by atoms with van der Waals surface area (Å²) >= 11 is 0. The van der Waals surface area contributed by atoms with Crippen molar-refractivity contribution in [3.8, 4) is 0 Å². The molecular weight excluding hydrogens is 292 g/mol. The first kappa shape index (κ1) is 18.3. The molecule has 2 heteroatoms. The van der Waals surface area contributed by atoms with Crippen LogP contribution in [0.4, 0.5) is 0 Å². The molecule has 0 unspecified atom stereocenters. The van der Waals surface area contributed by atoms with Gasteiger partial charge < -0.3 is 5.32 Å². The smallest absolute Gasteiger partial charge is 0.108 e. The van der Waals surface area contributed by atoms with Crippen molar-refractivity contribution >= 4 is 5.84 Å². The lowest BCUT2D eigenvalue weighted by Gasteiger charge is -2.22. The molecule has 24 heavy (non-hydrogen) atoms. The van der Waals surface area contributed by atoms with E-state index in [1.54, 1.807) is 0 Å². The number of rotatable bonds is 9. The third-order valence-electron chi connectivity index (χ3n) is 4.17. The first-order valence-corrected chi connectivity index (χ1v) is 9.24. The number of unbranched alkanes of at least 4 members (excludes halogenated alkanes) is 2. The molecule has 0 amide bonds. The van der Waals surface area contributed by atoms with Crippen molar-refractivity contribution in [1.82, 2.24) is 5.32 Å². The van der Waals surface area contributed by atoms with Crippen LogP contribution >= 0.6 is 0 Å². The monoisotopic (exact) mass is 322 g/mol. The van der Waals surface area contributed by atoms with E-state index in [1.165, 1.54) is 30.4 Å². The minimum Gasteiger partial charge on any atom is -0.373 e. The Morgan fingerprint density at radius 1 is 0.833 bits per heavy atom. The summed E-state index contributed by atoms with van der Waals surface area (Å²) < 4.78 is 0. The molecule has 0 radical (unpaired) electrons. The van der Waals surface area contributed by atoms with Crippen LogP contribution in [0.5, 0.6) is 0 Å². The second-order valence-corrected chi connectivity index (χ2v) is 6.16. The molecule has 2 aromatic carbocycles. The fraction of sp³-hybridized carbons (Fsp3) is 0.409. The van der Waals surface area contributed by atoms with Crippen molar-refractivity contribution in [2.75, 3.05) is 13.1 Å². The molecule has 2 rings (SSSR count). The Balaban J connectivity index is 2.34. The zero-order valence-electron chi connectivity index (χ0n) is 15.0. The summed E-state index contributed by atoms with van der Waals surface area (Å²) in [7, 11) is 0. The predicted octanol–water partition coefficient (Wildman–Crippen LogP) is 5.41. The van der Waals surface area contributed by atoms with Crippen LogP contribution in [0.1, 0.15) is 56.6 Å². The zero-order valence-corrected chi connectivity index (χ0v) is 15.0. The summed E-state index contributed by atoms with van der Waals surface area (Å²) in [5, 5.41) is 3.63. The van der Waals surface area contributed by atoms with Crippen LogP contribution in [0.3, 0.4) is 0 Å². The average molecular weight is 322 g/mol. The lowest BCUT2D eigenvalue weighted by atomic mass is 9.90. The lowest BCUT2D eigenvalue weighted by molar-refractivity contribution is 0.731. The normalized spacial score (nSPS) is 11.7. The summed E-state index contributed by atoms with van der Waals surface area (Å²) in [6.07, 6.45) is 4.67. The Bertz CT molecular complexity index is 550. The van der Waals surface area contributed by atoms with Gasteiger partial charge in [0.15, 0.2) is 0 Å². The highest BCUT2D eigenvalue weighted by Crippen LogP contribution is 2.25. The van der Waals surface area contributed by atoms with Crippen molar-refractivity contribution in [3.63, 3.8) is 0 Å². The third kappa shape index (κ3) is 5.52. The van der Waals surface area contributed by atoms with Gasteiger partial charge in [0.2, 0.25) is 0 Å². The molecule has 0 aliphatic heterocycles. The molecule has 128 valence electrons. The van der Waals surface area contributed by atoms with E-state index in [0.717, 1.165) is 25.3 Å². The van der Waals surface area contributed by atoms with Gasteiger partial charge in [-0.25, -0.2) is 0 Å². The molecule has 0 spiro atoms. The predicted molar refractivity (Wildman–Crippen MR) is 105 cm³/mol. The Morgan fingerprint density at radius 3 is 1.88 bits per heavy atom. The fourth-order valence-electron chi connectivity index (χ4n) is 2.80. The Morgan fingerprint density at radius 2 is 1.38 bits per heavy atom. The minimum absolute atomic E-state index is 0.182. The highest BCUT2D eigenvalue weighted by Gasteiger charge is 2.20. The van der Waals surface area contributed by atoms with Gasteiger partial charge in [-0.3, -0.25) is 4.99 Å². The van der Waals surface area contributed by atoms with Gasteiger partial charge >= 0.3 is 0 Å². The van der Waals surface area contributed by atoms with Crippen molar-refractivity contribution in [2.24, 2.45) is 4.99 Å². The Kier molecular flexibility index (Phi) is 8.09. The number of hydrogen-bond acceptors (Lipinski definition) is 1. The largest absolute Gasteiger partial charge is 0.373 e. The quantitative estimate of drug-likeness (QED) is 0.373. The van der Waals surface area contributed by atoms with E-state index >= 15 is 0 Å². The number of amidine groups is 1. The van der Waals surface area contributed by atoms with Crippen LogP contribution in [0.15, 0.2) is 65.7 Å². The SMILES string of the molecule is CCCCN=C(NCCCC)C(c1ccccc1)c1ccccc1. The maximum atomic E-state index is 4.94. The number of aliphatic imine (C=N–C) groups is 1. The molecule has 0 aromatic heterocycles. The number of nitrogens with one attached hydrogen (secondary N) is 1. The molecule has 0 aliphatic rings. The van der Waals surface area contributed by atoms with Gasteiger partial charge in [0.1, 0.15) is 5.84 Å². The molecule has 0 bridgehead atoms. The molecule has 0 atom stereocenters. The number of hydrogen-bond donors (Lipinski definition) is 1. The van der Waals surface area contributed by atoms with Gasteiger partial charge in [0.05, 0.1) is 5.92 Å². The number of benzene rings is 2. The molecule has 2 aromatic rings. The van der Waals surface area contributed by atoms with Gasteiger partial charge in [0.25, 0.3) is 0 Å². The van der Waals surface area contributed by atoms with Gasteiger partial charge in [-0.1, -0.05) is 87.4 Å². The van der Waals surface area contributed by atoms with E-state index < -0.39 is 0 Å². The van der Waals surface area contributed by atoms with Gasteiger partial charge in [-0.15, -0.1) is 0 Å². The maximum absolute atomic E-state index is 4.94. The highest BCUT2D eigenvalue weighted by atomic mass is 15.0. The average Bonchev–Trinajstić information content (AvgIpc) is 2.64. The van der Waals surface area contributed by atoms with Crippen molar-refractivity contribution in [1.29, 1.82) is 0 Å². The molecule has 0 heterocycles. The molecule has 2 nitrogen and oxygen atoms in total. The Hall–Kier alpha value is -2.09. The second kappa shape index (κ2) is 10.6. The topological polar surface area (TPSA) is 24.4 Å². The first-order chi connectivity index (χ1) is 11.9. The van der Waals surface area contributed by atoms with E-state index in [1.807, 2.05) is 0 Å². The lowest BCUT2D eigenvalue weighted by Crippen LogP contribution is -2.31. The summed E-state index contributed by atoms with van der Waals surface area (Å²) in [6, 6.07) is 21.4. The fourth-order valence-corrected chi connectivity index (χ4v) is 2.80. The van der Waals surface area contributed by atoms with E-state index in [0.29, 0.717) is 0 Å². The van der Waals surface area contributed by atoms with Crippen LogP contribution < -0.4 is 5.32 Å². The standard InChI is InChI=1S/C22H30N2/c1-3-5-17-23-22(24-18-6-4-2)21(19-13-9-7-10-14-19)20-15-11-8-12-16-20/h7-16,21H,3-6,17-18H2,1-2H3,(H,23,24). The summed E-state index contributed by atoms with van der Waals surface area (Å²) in [6.45, 7) is 6.31. The maximum Gasteiger partial charge on any atom is 0.108 e. The summed E-state index contributed by atoms with van der Waals surface area (Å²) in [5.74, 6) is 1.29. The number of nitrogens with zero attached hydrogens (tertiary/aromatic N) is 1. The molecular formula is C22H30N2. The van der Waals surface area contributed by atoms with Crippen LogP contribution in [0.2, 0.25) is 0 Å². The van der Waals surface area contributed by atoms with Crippen LogP contribution in [-0.2, 0) is 0 Å². The van der Waals surface area contributed by atoms with Crippen LogP contribution in [0, 0.1) is 0 Å². The Labute approximate surface area is 147 Å². The van der Waals surface area contributed by atoms with Crippen molar-refractivity contribution in [2.45, 2.75) is 45.4 Å². The summed E-state index contributed by atoms with van der Waals surface area (Å²) in [5.41, 5.74) is 2.59. The zero-order chi connectivity index (χ0) is 17.0. The van der Waals surface area contributed by atoms with E-state index in [9.17, 15) is 0 Å². The molecule has 0 aliphatic carbocycles. The van der Waals surface area contributed by atoms with Crippen LogP contribution in [-0.4, -0.2) is 18.9 Å². The molecule has 0 saturated heterocycles. The second-order valence-electron chi connectivity index (χ2n) is 6.16. The van der Waals surface area contributed by atoms with E-state index in [-0.39, 0.29) is 5.92 Å². The minimum atomic E-state index is 0.182. The molecule has 1 N–H and O–H groups in total. The first-order valence-electron chi connectivity index (χ1n) is 9.24. The third-order valence-corrected chi connectivity index (χ3v) is 4.17. The molecule has 0 fully saturated rings. The summed E-state index contributed by atoms with van der Waals surface area (Å²) in [4.78, 5) is 4.94. The van der Waals surface area contributed by atoms with E-state index in [2.05, 4.69) is 79.8 Å². The van der Waals surface area contributed by atoms with Crippen molar-refractivity contribution in [3.05, 3.63) is 71.8 Å². The molecule has 0 saturated carbocycles.